The molecule has 0 saturated carbocycles. The van der Waals surface area contributed by atoms with Crippen molar-refractivity contribution in [3.63, 3.8) is 0 Å². The molecule has 0 bridgehead atoms. The number of rotatable bonds is 2. The molecule has 6 nitrogen and oxygen atoms in total. The highest BCUT2D eigenvalue weighted by Crippen LogP contribution is 2.31. The van der Waals surface area contributed by atoms with Crippen LogP contribution in [0.15, 0.2) is 50.0 Å². The zero-order valence-electron chi connectivity index (χ0n) is 17.7. The Balaban J connectivity index is 1.55. The Labute approximate surface area is 174 Å². The zero-order valence-corrected chi connectivity index (χ0v) is 17.7. The van der Waals surface area contributed by atoms with E-state index in [0.29, 0.717) is 28.5 Å². The van der Waals surface area contributed by atoms with Crippen molar-refractivity contribution in [1.29, 1.82) is 0 Å². The van der Waals surface area contributed by atoms with Gasteiger partial charge in [-0.3, -0.25) is 4.98 Å². The molecule has 0 N–H and O–H groups in total. The molecule has 3 aromatic heterocycles. The molecule has 1 aliphatic rings. The Kier molecular flexibility index (Phi) is 4.40. The summed E-state index contributed by atoms with van der Waals surface area (Å²) < 4.78 is 11.7. The molecule has 1 aromatic carbocycles. The van der Waals surface area contributed by atoms with Gasteiger partial charge in [-0.2, -0.15) is 0 Å². The molecule has 4 aromatic rings. The van der Waals surface area contributed by atoms with Crippen LogP contribution in [0.5, 0.6) is 0 Å². The van der Waals surface area contributed by atoms with E-state index in [0.717, 1.165) is 47.5 Å². The van der Waals surface area contributed by atoms with E-state index in [9.17, 15) is 4.79 Å². The summed E-state index contributed by atoms with van der Waals surface area (Å²) in [6, 6.07) is 12.3. The van der Waals surface area contributed by atoms with Crippen molar-refractivity contribution in [2.45, 2.75) is 26.8 Å². The van der Waals surface area contributed by atoms with Crippen molar-refractivity contribution in [2.24, 2.45) is 0 Å². The highest BCUT2D eigenvalue weighted by molar-refractivity contribution is 5.88. The summed E-state index contributed by atoms with van der Waals surface area (Å²) in [6.07, 6.45) is 0. The Morgan fingerprint density at radius 1 is 1.03 bits per heavy atom. The third kappa shape index (κ3) is 3.17. The lowest BCUT2D eigenvalue weighted by Gasteiger charge is -2.39. The standard InChI is InChI=1S/C24H25N3O3/c1-14-9-18-11-22(29-23(18)16(3)25-14)20-10-17-5-6-19(12-21(17)30-24(20)28)27-8-7-26(4)15(2)13-27/h5-6,9-12,15H,7-8,13H2,1-4H3. The second kappa shape index (κ2) is 6.99. The minimum Gasteiger partial charge on any atom is -0.454 e. The average molecular weight is 403 g/mol. The Morgan fingerprint density at radius 2 is 1.87 bits per heavy atom. The predicted molar refractivity (Wildman–Crippen MR) is 119 cm³/mol. The van der Waals surface area contributed by atoms with E-state index < -0.39 is 5.63 Å². The van der Waals surface area contributed by atoms with Gasteiger partial charge in [0, 0.05) is 53.9 Å². The smallest absolute Gasteiger partial charge is 0.347 e. The van der Waals surface area contributed by atoms with Crippen LogP contribution in [0.4, 0.5) is 5.69 Å². The molecule has 6 heteroatoms. The highest BCUT2D eigenvalue weighted by Gasteiger charge is 2.21. The van der Waals surface area contributed by atoms with Crippen LogP contribution in [-0.2, 0) is 0 Å². The number of aryl methyl sites for hydroxylation is 2. The molecule has 4 heterocycles. The van der Waals surface area contributed by atoms with Crippen LogP contribution < -0.4 is 10.5 Å². The number of benzene rings is 1. The lowest BCUT2D eigenvalue weighted by Crippen LogP contribution is -2.50. The molecule has 154 valence electrons. The molecule has 5 rings (SSSR count). The number of likely N-dealkylation sites (N-methyl/N-ethyl adjacent to an activating group) is 1. The Bertz CT molecular complexity index is 1320. The third-order valence-electron chi connectivity index (χ3n) is 6.11. The number of fused-ring (bicyclic) bond motifs is 2. The number of anilines is 1. The Morgan fingerprint density at radius 3 is 2.67 bits per heavy atom. The van der Waals surface area contributed by atoms with Gasteiger partial charge >= 0.3 is 5.63 Å². The average Bonchev–Trinajstić information content (AvgIpc) is 3.13. The van der Waals surface area contributed by atoms with Crippen molar-refractivity contribution >= 4 is 27.6 Å². The molecule has 1 unspecified atom stereocenters. The van der Waals surface area contributed by atoms with Gasteiger partial charge in [0.25, 0.3) is 0 Å². The molecule has 0 radical (unpaired) electrons. The largest absolute Gasteiger partial charge is 0.454 e. The Hall–Kier alpha value is -3.12. The molecule has 1 fully saturated rings. The van der Waals surface area contributed by atoms with Crippen molar-refractivity contribution in [1.82, 2.24) is 9.88 Å². The summed E-state index contributed by atoms with van der Waals surface area (Å²) in [5, 5.41) is 1.82. The molecule has 0 amide bonds. The number of aromatic nitrogens is 1. The molecular weight excluding hydrogens is 378 g/mol. The second-order valence-electron chi connectivity index (χ2n) is 8.32. The molecule has 30 heavy (non-hydrogen) atoms. The van der Waals surface area contributed by atoms with Crippen LogP contribution >= 0.6 is 0 Å². The first-order valence-electron chi connectivity index (χ1n) is 10.3. The van der Waals surface area contributed by atoms with Crippen LogP contribution in [0.2, 0.25) is 0 Å². The van der Waals surface area contributed by atoms with Crippen molar-refractivity contribution < 1.29 is 8.83 Å². The summed E-state index contributed by atoms with van der Waals surface area (Å²) in [5.74, 6) is 0.508. The number of nitrogens with zero attached hydrogens (tertiary/aromatic N) is 3. The van der Waals surface area contributed by atoms with Gasteiger partial charge in [-0.1, -0.05) is 0 Å². The van der Waals surface area contributed by atoms with Crippen LogP contribution in [0.3, 0.4) is 0 Å². The first-order valence-corrected chi connectivity index (χ1v) is 10.3. The van der Waals surface area contributed by atoms with Gasteiger partial charge in [0.05, 0.1) is 5.69 Å². The van der Waals surface area contributed by atoms with Gasteiger partial charge in [-0.15, -0.1) is 0 Å². The first kappa shape index (κ1) is 18.9. The fraction of sp³-hybridized carbons (Fsp3) is 0.333. The predicted octanol–water partition coefficient (Wildman–Crippen LogP) is 4.36. The lowest BCUT2D eigenvalue weighted by molar-refractivity contribution is 0.234. The normalized spacial score (nSPS) is 17.9. The molecule has 1 aliphatic heterocycles. The van der Waals surface area contributed by atoms with Crippen molar-refractivity contribution in [3.05, 3.63) is 58.2 Å². The van der Waals surface area contributed by atoms with E-state index in [2.05, 4.69) is 34.8 Å². The molecule has 0 aliphatic carbocycles. The van der Waals surface area contributed by atoms with E-state index in [1.165, 1.54) is 0 Å². The maximum atomic E-state index is 12.8. The van der Waals surface area contributed by atoms with E-state index in [1.54, 1.807) is 0 Å². The number of hydrogen-bond donors (Lipinski definition) is 0. The van der Waals surface area contributed by atoms with Crippen LogP contribution in [0.25, 0.3) is 33.3 Å². The van der Waals surface area contributed by atoms with Gasteiger partial charge in [0.1, 0.15) is 16.9 Å². The molecule has 0 spiro atoms. The fourth-order valence-corrected chi connectivity index (χ4v) is 4.25. The number of furan rings is 1. The van der Waals surface area contributed by atoms with Gasteiger partial charge in [-0.25, -0.2) is 4.79 Å². The van der Waals surface area contributed by atoms with E-state index >= 15 is 0 Å². The summed E-state index contributed by atoms with van der Waals surface area (Å²) >= 11 is 0. The summed E-state index contributed by atoms with van der Waals surface area (Å²) in [5.41, 5.74) is 4.15. The van der Waals surface area contributed by atoms with Gasteiger partial charge in [-0.05, 0) is 58.2 Å². The van der Waals surface area contributed by atoms with Crippen LogP contribution in [0, 0.1) is 13.8 Å². The topological polar surface area (TPSA) is 62.7 Å². The molecular formula is C24H25N3O3. The minimum absolute atomic E-state index is 0.396. The van der Waals surface area contributed by atoms with E-state index in [-0.39, 0.29) is 0 Å². The quantitative estimate of drug-likeness (QED) is 0.464. The number of hydrogen-bond acceptors (Lipinski definition) is 6. The third-order valence-corrected chi connectivity index (χ3v) is 6.11. The summed E-state index contributed by atoms with van der Waals surface area (Å²) in [6.45, 7) is 9.01. The number of piperazine rings is 1. The summed E-state index contributed by atoms with van der Waals surface area (Å²) in [7, 11) is 2.15. The van der Waals surface area contributed by atoms with Crippen molar-refractivity contribution in [3.8, 4) is 11.3 Å². The van der Waals surface area contributed by atoms with Crippen molar-refractivity contribution in [2.75, 3.05) is 31.6 Å². The second-order valence-corrected chi connectivity index (χ2v) is 8.32. The SMILES string of the molecule is Cc1cc2cc(-c3cc4ccc(N5CCN(C)C(C)C5)cc4oc3=O)oc2c(C)n1. The van der Waals surface area contributed by atoms with E-state index in [4.69, 9.17) is 8.83 Å². The number of pyridine rings is 1. The molecule has 1 atom stereocenters. The zero-order chi connectivity index (χ0) is 21.0. The maximum Gasteiger partial charge on any atom is 0.347 e. The van der Waals surface area contributed by atoms with Gasteiger partial charge in [0.2, 0.25) is 0 Å². The van der Waals surface area contributed by atoms with Crippen LogP contribution in [0.1, 0.15) is 18.3 Å². The fourth-order valence-electron chi connectivity index (χ4n) is 4.25. The van der Waals surface area contributed by atoms with E-state index in [1.807, 2.05) is 44.2 Å². The minimum atomic E-state index is -0.396. The summed E-state index contributed by atoms with van der Waals surface area (Å²) in [4.78, 5) is 21.9. The van der Waals surface area contributed by atoms with Crippen LogP contribution in [-0.4, -0.2) is 42.6 Å². The van der Waals surface area contributed by atoms with Gasteiger partial charge < -0.3 is 18.6 Å². The lowest BCUT2D eigenvalue weighted by atomic mass is 10.1. The monoisotopic (exact) mass is 403 g/mol. The van der Waals surface area contributed by atoms with Gasteiger partial charge in [0.15, 0.2) is 5.58 Å². The first-order chi connectivity index (χ1) is 14.4. The highest BCUT2D eigenvalue weighted by atomic mass is 16.4. The molecule has 1 saturated heterocycles. The maximum absolute atomic E-state index is 12.8.